The van der Waals surface area contributed by atoms with Gasteiger partial charge in [0, 0.05) is 19.0 Å². The van der Waals surface area contributed by atoms with Crippen molar-refractivity contribution in [3.8, 4) is 0 Å². The second-order valence-corrected chi connectivity index (χ2v) is 5.98. The Labute approximate surface area is 118 Å². The number of nitrogens with zero attached hydrogens (tertiary/aromatic N) is 4. The molecule has 0 aromatic carbocycles. The van der Waals surface area contributed by atoms with Crippen molar-refractivity contribution < 1.29 is 9.90 Å². The van der Waals surface area contributed by atoms with Gasteiger partial charge in [-0.1, -0.05) is 6.42 Å². The van der Waals surface area contributed by atoms with Crippen molar-refractivity contribution >= 4 is 5.97 Å². The molecule has 0 radical (unpaired) electrons. The average Bonchev–Trinajstić information content (AvgIpc) is 2.83. The van der Waals surface area contributed by atoms with Crippen LogP contribution in [0.4, 0.5) is 0 Å². The zero-order chi connectivity index (χ0) is 14.1. The molecule has 110 valence electrons. The molecule has 0 saturated carbocycles. The Morgan fingerprint density at radius 1 is 1.30 bits per heavy atom. The van der Waals surface area contributed by atoms with Crippen LogP contribution in [0.5, 0.6) is 0 Å². The minimum Gasteiger partial charge on any atom is -0.481 e. The van der Waals surface area contributed by atoms with Gasteiger partial charge in [0.15, 0.2) is 5.82 Å². The summed E-state index contributed by atoms with van der Waals surface area (Å²) >= 11 is 0. The van der Waals surface area contributed by atoms with E-state index < -0.39 is 11.9 Å². The van der Waals surface area contributed by atoms with Gasteiger partial charge < -0.3 is 10.0 Å². The molecule has 2 atom stereocenters. The number of fused-ring (bicyclic) bond motifs is 1. The first-order valence-electron chi connectivity index (χ1n) is 7.52. The first-order chi connectivity index (χ1) is 9.65. The molecule has 6 heteroatoms. The lowest BCUT2D eigenvalue weighted by Gasteiger charge is -2.31. The van der Waals surface area contributed by atoms with Crippen LogP contribution in [0.2, 0.25) is 0 Å². The Morgan fingerprint density at radius 3 is 2.90 bits per heavy atom. The van der Waals surface area contributed by atoms with E-state index in [2.05, 4.69) is 22.0 Å². The van der Waals surface area contributed by atoms with Gasteiger partial charge in [-0.05, 0) is 39.3 Å². The number of carbonyl (C=O) groups is 1. The van der Waals surface area contributed by atoms with Gasteiger partial charge in [0.25, 0.3) is 0 Å². The highest BCUT2D eigenvalue weighted by atomic mass is 16.4. The number of piperidine rings is 1. The lowest BCUT2D eigenvalue weighted by molar-refractivity contribution is -0.139. The van der Waals surface area contributed by atoms with Gasteiger partial charge in [-0.15, -0.1) is 0 Å². The smallest absolute Gasteiger partial charge is 0.314 e. The molecule has 0 amide bonds. The monoisotopic (exact) mass is 278 g/mol. The second-order valence-electron chi connectivity index (χ2n) is 5.98. The topological polar surface area (TPSA) is 71.2 Å². The highest BCUT2D eigenvalue weighted by Crippen LogP contribution is 2.26. The molecule has 1 saturated heterocycles. The normalized spacial score (nSPS) is 27.2. The third-order valence-corrected chi connectivity index (χ3v) is 4.56. The van der Waals surface area contributed by atoms with Gasteiger partial charge in [0.1, 0.15) is 11.7 Å². The first-order valence-corrected chi connectivity index (χ1v) is 7.52. The van der Waals surface area contributed by atoms with Crippen molar-refractivity contribution in [3.05, 3.63) is 11.6 Å². The summed E-state index contributed by atoms with van der Waals surface area (Å²) in [6, 6.07) is 0.497. The summed E-state index contributed by atoms with van der Waals surface area (Å²) in [5, 5.41) is 13.8. The summed E-state index contributed by atoms with van der Waals surface area (Å²) in [5.41, 5.74) is 0. The SMILES string of the molecule is CN1CCCCC1Cc1nc2n(n1)CCCC2C(=O)O. The van der Waals surface area contributed by atoms with E-state index >= 15 is 0 Å². The largest absolute Gasteiger partial charge is 0.481 e. The van der Waals surface area contributed by atoms with Crippen molar-refractivity contribution in [1.82, 2.24) is 19.7 Å². The summed E-state index contributed by atoms with van der Waals surface area (Å²) in [5.74, 6) is 0.206. The molecular formula is C14H22N4O2. The molecule has 6 nitrogen and oxygen atoms in total. The fraction of sp³-hybridized carbons (Fsp3) is 0.786. The molecule has 3 rings (SSSR count). The molecule has 3 heterocycles. The van der Waals surface area contributed by atoms with E-state index in [1.165, 1.54) is 19.3 Å². The van der Waals surface area contributed by atoms with Crippen molar-refractivity contribution in [2.75, 3.05) is 13.6 Å². The number of aromatic nitrogens is 3. The molecule has 0 bridgehead atoms. The summed E-state index contributed by atoms with van der Waals surface area (Å²) in [7, 11) is 2.15. The van der Waals surface area contributed by atoms with E-state index in [4.69, 9.17) is 0 Å². The minimum atomic E-state index is -0.778. The van der Waals surface area contributed by atoms with Crippen LogP contribution in [0, 0.1) is 0 Å². The van der Waals surface area contributed by atoms with Crippen molar-refractivity contribution in [2.45, 2.75) is 57.0 Å². The zero-order valence-electron chi connectivity index (χ0n) is 12.0. The third kappa shape index (κ3) is 2.57. The number of likely N-dealkylation sites (N-methyl/N-ethyl adjacent to an activating group) is 1. The van der Waals surface area contributed by atoms with Crippen LogP contribution < -0.4 is 0 Å². The van der Waals surface area contributed by atoms with Crippen LogP contribution in [0.15, 0.2) is 0 Å². The lowest BCUT2D eigenvalue weighted by Crippen LogP contribution is -2.37. The van der Waals surface area contributed by atoms with Crippen LogP contribution in [-0.2, 0) is 17.8 Å². The lowest BCUT2D eigenvalue weighted by atomic mass is 9.99. The molecule has 1 aromatic heterocycles. The Bertz CT molecular complexity index is 499. The number of aliphatic carboxylic acids is 1. The Balaban J connectivity index is 1.77. The summed E-state index contributed by atoms with van der Waals surface area (Å²) in [6.07, 6.45) is 6.10. The van der Waals surface area contributed by atoms with Crippen LogP contribution in [-0.4, -0.2) is 50.4 Å². The van der Waals surface area contributed by atoms with Crippen LogP contribution in [0.1, 0.15) is 49.7 Å². The van der Waals surface area contributed by atoms with E-state index in [1.807, 2.05) is 0 Å². The highest BCUT2D eigenvalue weighted by Gasteiger charge is 2.30. The standard InChI is InChI=1S/C14H22N4O2/c1-17-7-3-2-5-10(17)9-12-15-13-11(14(19)20)6-4-8-18(13)16-12/h10-11H,2-9H2,1H3,(H,19,20). The van der Waals surface area contributed by atoms with Crippen LogP contribution >= 0.6 is 0 Å². The fourth-order valence-corrected chi connectivity index (χ4v) is 3.33. The predicted molar refractivity (Wildman–Crippen MR) is 73.6 cm³/mol. The van der Waals surface area contributed by atoms with Crippen molar-refractivity contribution in [2.24, 2.45) is 0 Å². The first kappa shape index (κ1) is 13.5. The second kappa shape index (κ2) is 5.52. The fourth-order valence-electron chi connectivity index (χ4n) is 3.33. The molecule has 2 unspecified atom stereocenters. The number of hydrogen-bond acceptors (Lipinski definition) is 4. The summed E-state index contributed by atoms with van der Waals surface area (Å²) in [6.45, 7) is 1.93. The maximum absolute atomic E-state index is 11.3. The molecular weight excluding hydrogens is 256 g/mol. The Kier molecular flexibility index (Phi) is 3.74. The van der Waals surface area contributed by atoms with E-state index in [1.54, 1.807) is 4.68 Å². The quantitative estimate of drug-likeness (QED) is 0.901. The van der Waals surface area contributed by atoms with Crippen LogP contribution in [0.25, 0.3) is 0 Å². The molecule has 1 fully saturated rings. The van der Waals surface area contributed by atoms with Gasteiger partial charge >= 0.3 is 5.97 Å². The number of carboxylic acids is 1. The van der Waals surface area contributed by atoms with E-state index in [-0.39, 0.29) is 0 Å². The summed E-state index contributed by atoms with van der Waals surface area (Å²) < 4.78 is 1.81. The molecule has 1 N–H and O–H groups in total. The van der Waals surface area contributed by atoms with Gasteiger partial charge in [-0.2, -0.15) is 5.10 Å². The van der Waals surface area contributed by atoms with Crippen LogP contribution in [0.3, 0.4) is 0 Å². The van der Waals surface area contributed by atoms with Crippen molar-refractivity contribution in [1.29, 1.82) is 0 Å². The van der Waals surface area contributed by atoms with E-state index in [0.717, 1.165) is 31.8 Å². The van der Waals surface area contributed by atoms with Gasteiger partial charge in [-0.3, -0.25) is 4.79 Å². The number of rotatable bonds is 3. The molecule has 2 aliphatic rings. The zero-order valence-corrected chi connectivity index (χ0v) is 12.0. The maximum Gasteiger partial charge on any atom is 0.314 e. The number of likely N-dealkylation sites (tertiary alicyclic amines) is 1. The maximum atomic E-state index is 11.3. The summed E-state index contributed by atoms with van der Waals surface area (Å²) in [4.78, 5) is 18.2. The number of carboxylic acid groups (broad SMARTS) is 1. The van der Waals surface area contributed by atoms with Gasteiger partial charge in [0.2, 0.25) is 0 Å². The number of hydrogen-bond donors (Lipinski definition) is 1. The molecule has 2 aliphatic heterocycles. The van der Waals surface area contributed by atoms with Crippen molar-refractivity contribution in [3.63, 3.8) is 0 Å². The molecule has 1 aromatic rings. The average molecular weight is 278 g/mol. The third-order valence-electron chi connectivity index (χ3n) is 4.56. The van der Waals surface area contributed by atoms with Gasteiger partial charge in [-0.25, -0.2) is 9.67 Å². The molecule has 0 spiro atoms. The number of aryl methyl sites for hydroxylation is 1. The Morgan fingerprint density at radius 2 is 2.15 bits per heavy atom. The Hall–Kier alpha value is -1.43. The van der Waals surface area contributed by atoms with E-state index in [0.29, 0.717) is 18.3 Å². The van der Waals surface area contributed by atoms with Gasteiger partial charge in [0.05, 0.1) is 0 Å². The van der Waals surface area contributed by atoms with E-state index in [9.17, 15) is 9.90 Å². The highest BCUT2D eigenvalue weighted by molar-refractivity contribution is 5.75. The minimum absolute atomic E-state index is 0.478. The molecule has 20 heavy (non-hydrogen) atoms. The predicted octanol–water partition coefficient (Wildman–Crippen LogP) is 1.27. The molecule has 0 aliphatic carbocycles.